The van der Waals surface area contributed by atoms with E-state index in [1.165, 1.54) is 30.4 Å². The first-order valence-corrected chi connectivity index (χ1v) is 10.1. The number of benzene rings is 2. The molecule has 1 heterocycles. The second-order valence-corrected chi connectivity index (χ2v) is 7.61. The van der Waals surface area contributed by atoms with Crippen molar-refractivity contribution in [1.29, 1.82) is 0 Å². The zero-order valence-electron chi connectivity index (χ0n) is 15.8. The number of nitro groups is 1. The Hall–Kier alpha value is -3.30. The molecule has 0 saturated carbocycles. The average molecular weight is 445 g/mol. The third-order valence-electron chi connectivity index (χ3n) is 4.17. The molecule has 154 valence electrons. The Morgan fingerprint density at radius 1 is 1.20 bits per heavy atom. The topological polar surface area (TPSA) is 114 Å². The van der Waals surface area contributed by atoms with Gasteiger partial charge in [-0.3, -0.25) is 25.0 Å². The Morgan fingerprint density at radius 2 is 1.93 bits per heavy atom. The van der Waals surface area contributed by atoms with Gasteiger partial charge < -0.3 is 5.32 Å². The summed E-state index contributed by atoms with van der Waals surface area (Å²) < 4.78 is 0. The molecular weight excluding hydrogens is 428 g/mol. The minimum Gasteiger partial charge on any atom is -0.356 e. The molecule has 30 heavy (non-hydrogen) atoms. The number of amides is 2. The molecule has 0 bridgehead atoms. The van der Waals surface area contributed by atoms with Crippen molar-refractivity contribution in [2.45, 2.75) is 13.3 Å². The van der Waals surface area contributed by atoms with Gasteiger partial charge in [0.2, 0.25) is 5.91 Å². The van der Waals surface area contributed by atoms with Crippen LogP contribution >= 0.6 is 22.9 Å². The van der Waals surface area contributed by atoms with Crippen LogP contribution in [0.1, 0.15) is 22.8 Å². The smallest absolute Gasteiger partial charge is 0.288 e. The fraction of sp³-hybridized carbons (Fsp3) is 0.150. The van der Waals surface area contributed by atoms with Crippen molar-refractivity contribution in [2.24, 2.45) is 0 Å². The number of hydrogen-bond acceptors (Lipinski definition) is 6. The van der Waals surface area contributed by atoms with Crippen LogP contribution in [0, 0.1) is 10.1 Å². The quantitative estimate of drug-likeness (QED) is 0.416. The second kappa shape index (κ2) is 9.47. The SMILES string of the molecule is CC(=O)NCCc1ccc(-c2csc(NC(=O)c3ccc(Cl)c([N+](=O)[O-])c3)n2)cc1. The number of nitrogens with one attached hydrogen (secondary N) is 2. The van der Waals surface area contributed by atoms with Crippen LogP contribution in [0.2, 0.25) is 5.02 Å². The summed E-state index contributed by atoms with van der Waals surface area (Å²) in [5.74, 6) is -0.569. The van der Waals surface area contributed by atoms with Gasteiger partial charge in [0.25, 0.3) is 11.6 Å². The highest BCUT2D eigenvalue weighted by molar-refractivity contribution is 7.14. The second-order valence-electron chi connectivity index (χ2n) is 6.35. The van der Waals surface area contributed by atoms with E-state index < -0.39 is 10.8 Å². The zero-order valence-corrected chi connectivity index (χ0v) is 17.4. The highest BCUT2D eigenvalue weighted by Gasteiger charge is 2.17. The van der Waals surface area contributed by atoms with E-state index in [4.69, 9.17) is 11.6 Å². The lowest BCUT2D eigenvalue weighted by Gasteiger charge is -2.04. The first kappa shape index (κ1) is 21.4. The minimum atomic E-state index is -0.638. The number of nitro benzene ring substituents is 1. The van der Waals surface area contributed by atoms with Gasteiger partial charge in [-0.05, 0) is 24.1 Å². The van der Waals surface area contributed by atoms with Crippen LogP contribution in [0.5, 0.6) is 0 Å². The number of anilines is 1. The van der Waals surface area contributed by atoms with Crippen LogP contribution in [0.4, 0.5) is 10.8 Å². The molecule has 2 N–H and O–H groups in total. The Balaban J connectivity index is 1.66. The van der Waals surface area contributed by atoms with Gasteiger partial charge in [0.05, 0.1) is 10.6 Å². The van der Waals surface area contributed by atoms with Gasteiger partial charge in [-0.2, -0.15) is 0 Å². The Bertz CT molecular complexity index is 1100. The molecule has 0 aliphatic rings. The summed E-state index contributed by atoms with van der Waals surface area (Å²) in [5.41, 5.74) is 2.46. The molecule has 8 nitrogen and oxygen atoms in total. The molecule has 2 amide bonds. The summed E-state index contributed by atoms with van der Waals surface area (Å²) in [6.07, 6.45) is 0.728. The average Bonchev–Trinajstić information content (AvgIpc) is 3.16. The van der Waals surface area contributed by atoms with E-state index in [1.807, 2.05) is 29.6 Å². The molecule has 3 aromatic rings. The summed E-state index contributed by atoms with van der Waals surface area (Å²) in [5, 5.41) is 18.5. The Labute approximate surface area is 181 Å². The first-order valence-electron chi connectivity index (χ1n) is 8.88. The van der Waals surface area contributed by atoms with Gasteiger partial charge in [0, 0.05) is 36.0 Å². The normalized spacial score (nSPS) is 10.5. The van der Waals surface area contributed by atoms with E-state index in [0.29, 0.717) is 17.4 Å². The maximum atomic E-state index is 12.4. The number of aromatic nitrogens is 1. The Kier molecular flexibility index (Phi) is 6.76. The maximum absolute atomic E-state index is 12.4. The van der Waals surface area contributed by atoms with E-state index in [2.05, 4.69) is 15.6 Å². The highest BCUT2D eigenvalue weighted by atomic mass is 35.5. The van der Waals surface area contributed by atoms with Gasteiger partial charge in [-0.15, -0.1) is 11.3 Å². The van der Waals surface area contributed by atoms with Crippen LogP contribution in [-0.2, 0) is 11.2 Å². The third-order valence-corrected chi connectivity index (χ3v) is 5.24. The zero-order chi connectivity index (χ0) is 21.7. The number of rotatable bonds is 7. The van der Waals surface area contributed by atoms with Gasteiger partial charge in [-0.1, -0.05) is 35.9 Å². The Morgan fingerprint density at radius 3 is 2.60 bits per heavy atom. The molecular formula is C20H17ClN4O4S. The standard InChI is InChI=1S/C20H17ClN4O4S/c1-12(26)22-9-8-13-2-4-14(5-3-13)17-11-30-20(23-17)24-19(27)15-6-7-16(21)18(10-15)25(28)29/h2-7,10-11H,8-9H2,1H3,(H,22,26)(H,23,24,27). The minimum absolute atomic E-state index is 0.0337. The first-order chi connectivity index (χ1) is 14.3. The van der Waals surface area contributed by atoms with Gasteiger partial charge in [0.15, 0.2) is 5.13 Å². The van der Waals surface area contributed by atoms with Crippen molar-refractivity contribution in [2.75, 3.05) is 11.9 Å². The van der Waals surface area contributed by atoms with E-state index in [-0.39, 0.29) is 22.2 Å². The molecule has 0 saturated heterocycles. The predicted octanol–water partition coefficient (Wildman–Crippen LogP) is 4.30. The number of hydrogen-bond donors (Lipinski definition) is 2. The number of halogens is 1. The van der Waals surface area contributed by atoms with Crippen LogP contribution in [-0.4, -0.2) is 28.3 Å². The maximum Gasteiger partial charge on any atom is 0.288 e. The lowest BCUT2D eigenvalue weighted by atomic mass is 10.1. The lowest BCUT2D eigenvalue weighted by Crippen LogP contribution is -2.22. The fourth-order valence-electron chi connectivity index (χ4n) is 2.65. The third kappa shape index (κ3) is 5.40. The molecule has 10 heteroatoms. The van der Waals surface area contributed by atoms with E-state index >= 15 is 0 Å². The predicted molar refractivity (Wildman–Crippen MR) is 116 cm³/mol. The van der Waals surface area contributed by atoms with Gasteiger partial charge in [0.1, 0.15) is 5.02 Å². The van der Waals surface area contributed by atoms with E-state index in [1.54, 1.807) is 0 Å². The van der Waals surface area contributed by atoms with Crippen LogP contribution in [0.25, 0.3) is 11.3 Å². The van der Waals surface area contributed by atoms with Crippen molar-refractivity contribution in [3.63, 3.8) is 0 Å². The molecule has 1 aromatic heterocycles. The molecule has 0 aliphatic heterocycles. The van der Waals surface area contributed by atoms with Crippen LogP contribution in [0.3, 0.4) is 0 Å². The molecule has 0 aliphatic carbocycles. The molecule has 2 aromatic carbocycles. The molecule has 0 unspecified atom stereocenters. The van der Waals surface area contributed by atoms with E-state index in [9.17, 15) is 19.7 Å². The summed E-state index contributed by atoms with van der Waals surface area (Å²) >= 11 is 7.03. The number of carbonyl (C=O) groups is 2. The van der Waals surface area contributed by atoms with Crippen molar-refractivity contribution in [3.8, 4) is 11.3 Å². The molecule has 0 radical (unpaired) electrons. The lowest BCUT2D eigenvalue weighted by molar-refractivity contribution is -0.384. The highest BCUT2D eigenvalue weighted by Crippen LogP contribution is 2.28. The fourth-order valence-corrected chi connectivity index (χ4v) is 3.55. The van der Waals surface area contributed by atoms with Gasteiger partial charge in [-0.25, -0.2) is 4.98 Å². The number of thiazole rings is 1. The van der Waals surface area contributed by atoms with E-state index in [0.717, 1.165) is 23.6 Å². The van der Waals surface area contributed by atoms with Gasteiger partial charge >= 0.3 is 0 Å². The number of nitrogens with zero attached hydrogens (tertiary/aromatic N) is 2. The van der Waals surface area contributed by atoms with Crippen LogP contribution < -0.4 is 10.6 Å². The summed E-state index contributed by atoms with van der Waals surface area (Å²) in [6, 6.07) is 11.6. The van der Waals surface area contributed by atoms with Crippen molar-refractivity contribution < 1.29 is 14.5 Å². The number of carbonyl (C=O) groups excluding carboxylic acids is 2. The monoisotopic (exact) mass is 444 g/mol. The van der Waals surface area contributed by atoms with Crippen molar-refractivity contribution >= 4 is 45.6 Å². The largest absolute Gasteiger partial charge is 0.356 e. The molecule has 0 spiro atoms. The van der Waals surface area contributed by atoms with Crippen molar-refractivity contribution in [3.05, 3.63) is 74.1 Å². The summed E-state index contributed by atoms with van der Waals surface area (Å²) in [4.78, 5) is 38.1. The summed E-state index contributed by atoms with van der Waals surface area (Å²) in [7, 11) is 0. The van der Waals surface area contributed by atoms with Crippen molar-refractivity contribution in [1.82, 2.24) is 10.3 Å². The molecule has 3 rings (SSSR count). The molecule has 0 fully saturated rings. The van der Waals surface area contributed by atoms with Crippen LogP contribution in [0.15, 0.2) is 47.8 Å². The molecule has 0 atom stereocenters. The summed E-state index contributed by atoms with van der Waals surface area (Å²) in [6.45, 7) is 2.06.